The van der Waals surface area contributed by atoms with E-state index in [4.69, 9.17) is 9.15 Å². The predicted octanol–water partition coefficient (Wildman–Crippen LogP) is 4.02. The van der Waals surface area contributed by atoms with Crippen LogP contribution in [0.3, 0.4) is 0 Å². The highest BCUT2D eigenvalue weighted by atomic mass is 19.1. The van der Waals surface area contributed by atoms with Gasteiger partial charge in [-0.1, -0.05) is 0 Å². The second kappa shape index (κ2) is 9.73. The van der Waals surface area contributed by atoms with Crippen LogP contribution in [0.2, 0.25) is 0 Å². The number of hydrogen-bond donors (Lipinski definition) is 2. The van der Waals surface area contributed by atoms with E-state index in [-0.39, 0.29) is 35.1 Å². The van der Waals surface area contributed by atoms with Gasteiger partial charge in [-0.25, -0.2) is 18.2 Å². The van der Waals surface area contributed by atoms with Gasteiger partial charge >= 0.3 is 0 Å². The topological polar surface area (TPSA) is 97.7 Å². The normalized spacial score (nSPS) is 13.1. The molecule has 0 fully saturated rings. The summed E-state index contributed by atoms with van der Waals surface area (Å²) in [4.78, 5) is 17.1. The monoisotopic (exact) mass is 500 g/mol. The first-order valence-corrected chi connectivity index (χ1v) is 10.9. The standard InChI is InChI=1S/C26H23F3N2O5/c1-14-8-18(28)9-15(2)23(14)31-11-16(4-7-21(31)33)22-24(19-6-5-17(27)10-20(19)29)36-25(30-22)26(34,12-32)13-35-3/h4-11,32,34H,12-13H2,1-3H3. The molecule has 2 aromatic heterocycles. The van der Waals surface area contributed by atoms with Crippen LogP contribution < -0.4 is 5.56 Å². The number of halogens is 3. The van der Waals surface area contributed by atoms with Gasteiger partial charge in [0, 0.05) is 31.0 Å². The SMILES string of the molecule is COCC(O)(CO)c1nc(-c2ccc(=O)n(-c3c(C)cc(F)cc3C)c2)c(-c2ccc(F)cc2F)o1. The van der Waals surface area contributed by atoms with Crippen molar-refractivity contribution in [3.05, 3.63) is 93.5 Å². The van der Waals surface area contributed by atoms with E-state index in [9.17, 15) is 28.2 Å². The predicted molar refractivity (Wildman–Crippen MR) is 125 cm³/mol. The van der Waals surface area contributed by atoms with Gasteiger partial charge in [0.05, 0.1) is 24.5 Å². The summed E-state index contributed by atoms with van der Waals surface area (Å²) in [5, 5.41) is 20.6. The number of rotatable bonds is 7. The number of benzene rings is 2. The van der Waals surface area contributed by atoms with Gasteiger partial charge in [0.1, 0.15) is 23.1 Å². The zero-order valence-corrected chi connectivity index (χ0v) is 19.7. The van der Waals surface area contributed by atoms with E-state index in [0.29, 0.717) is 22.9 Å². The quantitative estimate of drug-likeness (QED) is 0.398. The Labute approximate surface area is 204 Å². The van der Waals surface area contributed by atoms with Crippen LogP contribution in [-0.4, -0.2) is 40.1 Å². The lowest BCUT2D eigenvalue weighted by Gasteiger charge is -2.20. The number of methoxy groups -OCH3 is 1. The van der Waals surface area contributed by atoms with Crippen LogP contribution in [0.15, 0.2) is 57.9 Å². The fourth-order valence-corrected chi connectivity index (χ4v) is 4.07. The fourth-order valence-electron chi connectivity index (χ4n) is 4.07. The Morgan fingerprint density at radius 2 is 1.75 bits per heavy atom. The molecule has 4 aromatic rings. The minimum atomic E-state index is -2.06. The molecule has 0 spiro atoms. The van der Waals surface area contributed by atoms with Crippen molar-refractivity contribution in [2.75, 3.05) is 20.3 Å². The zero-order chi connectivity index (χ0) is 26.2. The van der Waals surface area contributed by atoms with E-state index in [1.807, 2.05) is 0 Å². The number of aliphatic hydroxyl groups is 2. The van der Waals surface area contributed by atoms with E-state index in [0.717, 1.165) is 12.1 Å². The summed E-state index contributed by atoms with van der Waals surface area (Å²) < 4.78 is 54.2. The van der Waals surface area contributed by atoms with Crippen molar-refractivity contribution in [1.82, 2.24) is 9.55 Å². The van der Waals surface area contributed by atoms with Crippen LogP contribution in [0.4, 0.5) is 13.2 Å². The first-order valence-electron chi connectivity index (χ1n) is 10.9. The molecule has 2 heterocycles. The first kappa shape index (κ1) is 25.4. The van der Waals surface area contributed by atoms with Gasteiger partial charge in [-0.15, -0.1) is 0 Å². The van der Waals surface area contributed by atoms with Gasteiger partial charge in [0.15, 0.2) is 11.4 Å². The van der Waals surface area contributed by atoms with E-state index < -0.39 is 35.2 Å². The Morgan fingerprint density at radius 1 is 1.06 bits per heavy atom. The number of aromatic nitrogens is 2. The maximum Gasteiger partial charge on any atom is 0.255 e. The second-order valence-corrected chi connectivity index (χ2v) is 8.46. The summed E-state index contributed by atoms with van der Waals surface area (Å²) in [7, 11) is 1.30. The van der Waals surface area contributed by atoms with Crippen molar-refractivity contribution < 1.29 is 32.5 Å². The molecule has 0 saturated heterocycles. The summed E-state index contributed by atoms with van der Waals surface area (Å²) >= 11 is 0. The Hall–Kier alpha value is -3.73. The summed E-state index contributed by atoms with van der Waals surface area (Å²) in [5.41, 5.74) is -0.867. The molecule has 0 radical (unpaired) electrons. The Bertz CT molecular complexity index is 1470. The molecule has 0 aliphatic heterocycles. The molecular weight excluding hydrogens is 477 g/mol. The molecule has 4 rings (SSSR count). The number of hydrogen-bond acceptors (Lipinski definition) is 6. The van der Waals surface area contributed by atoms with Crippen molar-refractivity contribution in [3.63, 3.8) is 0 Å². The van der Waals surface area contributed by atoms with Crippen LogP contribution in [0.5, 0.6) is 0 Å². The number of nitrogens with zero attached hydrogens (tertiary/aromatic N) is 2. The molecule has 1 atom stereocenters. The maximum absolute atomic E-state index is 14.8. The van der Waals surface area contributed by atoms with Crippen molar-refractivity contribution in [3.8, 4) is 28.3 Å². The van der Waals surface area contributed by atoms with Crippen LogP contribution in [0, 0.1) is 31.3 Å². The highest BCUT2D eigenvalue weighted by molar-refractivity contribution is 5.77. The van der Waals surface area contributed by atoms with Crippen LogP contribution in [0.1, 0.15) is 17.0 Å². The minimum Gasteiger partial charge on any atom is -0.437 e. The lowest BCUT2D eigenvalue weighted by atomic mass is 10.1. The van der Waals surface area contributed by atoms with Gasteiger partial charge in [-0.2, -0.15) is 0 Å². The Kier molecular flexibility index (Phi) is 6.85. The van der Waals surface area contributed by atoms with Gasteiger partial charge in [-0.05, 0) is 55.3 Å². The first-order chi connectivity index (χ1) is 17.1. The highest BCUT2D eigenvalue weighted by Gasteiger charge is 2.36. The van der Waals surface area contributed by atoms with Crippen molar-refractivity contribution >= 4 is 0 Å². The maximum atomic E-state index is 14.8. The summed E-state index contributed by atoms with van der Waals surface area (Å²) in [5.74, 6) is -2.73. The van der Waals surface area contributed by atoms with Crippen molar-refractivity contribution in [2.45, 2.75) is 19.4 Å². The molecule has 36 heavy (non-hydrogen) atoms. The molecular formula is C26H23F3N2O5. The number of aryl methyl sites for hydroxylation is 2. The van der Waals surface area contributed by atoms with Crippen LogP contribution in [-0.2, 0) is 10.3 Å². The lowest BCUT2D eigenvalue weighted by Crippen LogP contribution is -2.35. The summed E-state index contributed by atoms with van der Waals surface area (Å²) in [6, 6.07) is 8.11. The lowest BCUT2D eigenvalue weighted by molar-refractivity contribution is -0.0879. The molecule has 2 aromatic carbocycles. The molecule has 0 bridgehead atoms. The third kappa shape index (κ3) is 4.58. The third-order valence-corrected chi connectivity index (χ3v) is 5.73. The minimum absolute atomic E-state index is 0.0182. The number of pyridine rings is 1. The van der Waals surface area contributed by atoms with Crippen molar-refractivity contribution in [2.24, 2.45) is 0 Å². The average Bonchev–Trinajstić information content (AvgIpc) is 3.25. The molecule has 188 valence electrons. The molecule has 0 amide bonds. The number of oxazole rings is 1. The molecule has 0 aliphatic carbocycles. The number of aliphatic hydroxyl groups excluding tert-OH is 1. The molecule has 10 heteroatoms. The molecule has 7 nitrogen and oxygen atoms in total. The van der Waals surface area contributed by atoms with Gasteiger partial charge in [0.2, 0.25) is 5.89 Å². The van der Waals surface area contributed by atoms with Crippen molar-refractivity contribution in [1.29, 1.82) is 0 Å². The summed E-state index contributed by atoms with van der Waals surface area (Å²) in [6.07, 6.45) is 1.43. The van der Waals surface area contributed by atoms with E-state index in [1.165, 1.54) is 42.1 Å². The van der Waals surface area contributed by atoms with E-state index >= 15 is 0 Å². The van der Waals surface area contributed by atoms with E-state index in [1.54, 1.807) is 13.8 Å². The van der Waals surface area contributed by atoms with Crippen LogP contribution in [0.25, 0.3) is 28.3 Å². The summed E-state index contributed by atoms with van der Waals surface area (Å²) in [6.45, 7) is 2.11. The highest BCUT2D eigenvalue weighted by Crippen LogP contribution is 2.37. The molecule has 0 aliphatic rings. The Balaban J connectivity index is 1.98. The zero-order valence-electron chi connectivity index (χ0n) is 19.7. The smallest absolute Gasteiger partial charge is 0.255 e. The van der Waals surface area contributed by atoms with Gasteiger partial charge in [-0.3, -0.25) is 9.36 Å². The average molecular weight is 500 g/mol. The molecule has 2 N–H and O–H groups in total. The van der Waals surface area contributed by atoms with Gasteiger partial charge in [0.25, 0.3) is 5.56 Å². The fraction of sp³-hybridized carbons (Fsp3) is 0.231. The largest absolute Gasteiger partial charge is 0.437 e. The molecule has 1 unspecified atom stereocenters. The van der Waals surface area contributed by atoms with Gasteiger partial charge < -0.3 is 19.4 Å². The molecule has 0 saturated carbocycles. The van der Waals surface area contributed by atoms with Crippen LogP contribution >= 0.6 is 0 Å². The van der Waals surface area contributed by atoms with E-state index in [2.05, 4.69) is 4.98 Å². The Morgan fingerprint density at radius 3 is 2.36 bits per heavy atom. The third-order valence-electron chi connectivity index (χ3n) is 5.73. The second-order valence-electron chi connectivity index (χ2n) is 8.46. The number of ether oxygens (including phenoxy) is 1.